The number of benzene rings is 1. The summed E-state index contributed by atoms with van der Waals surface area (Å²) in [5.74, 6) is -0.176. The van der Waals surface area contributed by atoms with Gasteiger partial charge in [0.05, 0.1) is 5.54 Å². The van der Waals surface area contributed by atoms with E-state index in [0.29, 0.717) is 6.54 Å². The second kappa shape index (κ2) is 5.38. The Hall–Kier alpha value is -1.27. The zero-order valence-electron chi connectivity index (χ0n) is 10.7. The number of halogens is 3. The van der Waals surface area contributed by atoms with Gasteiger partial charge in [0.15, 0.2) is 0 Å². The fourth-order valence-corrected chi connectivity index (χ4v) is 2.50. The lowest BCUT2D eigenvalue weighted by Gasteiger charge is -2.38. The lowest BCUT2D eigenvalue weighted by Crippen LogP contribution is -2.51. The molecule has 0 aromatic heterocycles. The fraction of sp³-hybridized carbons (Fsp3) is 0.538. The van der Waals surface area contributed by atoms with Crippen molar-refractivity contribution >= 4 is 0 Å². The number of nitrogens with one attached hydrogen (secondary N) is 2. The Kier molecular flexibility index (Phi) is 4.01. The van der Waals surface area contributed by atoms with E-state index in [1.54, 1.807) is 6.07 Å². The summed E-state index contributed by atoms with van der Waals surface area (Å²) >= 11 is 0. The summed E-state index contributed by atoms with van der Waals surface area (Å²) in [4.78, 5) is 0. The Balaban J connectivity index is 2.26. The number of ether oxygens (including phenoxy) is 1. The number of rotatable bonds is 3. The number of likely N-dealkylation sites (N-methyl/N-ethyl adjacent to an activating group) is 1. The number of hydrogen-bond donors (Lipinski definition) is 2. The topological polar surface area (TPSA) is 33.3 Å². The van der Waals surface area contributed by atoms with Gasteiger partial charge in [-0.1, -0.05) is 12.1 Å². The summed E-state index contributed by atoms with van der Waals surface area (Å²) in [5, 5.41) is 6.49. The zero-order valence-corrected chi connectivity index (χ0v) is 10.7. The summed E-state index contributed by atoms with van der Waals surface area (Å²) < 4.78 is 40.7. The summed E-state index contributed by atoms with van der Waals surface area (Å²) in [5.41, 5.74) is 0.479. The highest BCUT2D eigenvalue weighted by Crippen LogP contribution is 2.32. The number of hydrogen-bond acceptors (Lipinski definition) is 3. The van der Waals surface area contributed by atoms with Crippen molar-refractivity contribution in [3.8, 4) is 5.75 Å². The Morgan fingerprint density at radius 1 is 1.37 bits per heavy atom. The first-order valence-electron chi connectivity index (χ1n) is 6.21. The van der Waals surface area contributed by atoms with E-state index in [4.69, 9.17) is 0 Å². The molecule has 19 heavy (non-hydrogen) atoms. The van der Waals surface area contributed by atoms with Gasteiger partial charge < -0.3 is 15.4 Å². The maximum atomic E-state index is 12.2. The highest BCUT2D eigenvalue weighted by molar-refractivity contribution is 5.34. The van der Waals surface area contributed by atoms with E-state index in [1.807, 2.05) is 13.1 Å². The first-order chi connectivity index (χ1) is 8.95. The van der Waals surface area contributed by atoms with Crippen LogP contribution in [0.1, 0.15) is 18.4 Å². The van der Waals surface area contributed by atoms with Gasteiger partial charge in [0, 0.05) is 6.54 Å². The van der Waals surface area contributed by atoms with Gasteiger partial charge in [-0.05, 0) is 44.1 Å². The maximum absolute atomic E-state index is 12.2. The van der Waals surface area contributed by atoms with Crippen LogP contribution in [-0.2, 0) is 5.54 Å². The Morgan fingerprint density at radius 3 is 2.74 bits per heavy atom. The molecule has 1 aromatic rings. The van der Waals surface area contributed by atoms with E-state index in [9.17, 15) is 13.2 Å². The lowest BCUT2D eigenvalue weighted by atomic mass is 9.83. The van der Waals surface area contributed by atoms with Crippen LogP contribution in [0.5, 0.6) is 5.75 Å². The second-order valence-electron chi connectivity index (χ2n) is 4.69. The smallest absolute Gasteiger partial charge is 0.406 e. The molecular weight excluding hydrogens is 257 g/mol. The molecule has 0 saturated carbocycles. The molecule has 106 valence electrons. The van der Waals surface area contributed by atoms with Gasteiger partial charge >= 0.3 is 6.36 Å². The Bertz CT molecular complexity index is 428. The number of alkyl halides is 3. The highest BCUT2D eigenvalue weighted by Gasteiger charge is 2.34. The molecule has 1 aliphatic heterocycles. The molecule has 1 aromatic carbocycles. The van der Waals surface area contributed by atoms with Crippen molar-refractivity contribution in [2.45, 2.75) is 24.7 Å². The average Bonchev–Trinajstić information content (AvgIpc) is 2.38. The van der Waals surface area contributed by atoms with E-state index in [2.05, 4.69) is 15.4 Å². The highest BCUT2D eigenvalue weighted by atomic mass is 19.4. The Labute approximate surface area is 110 Å². The van der Waals surface area contributed by atoms with E-state index in [1.165, 1.54) is 12.1 Å². The average molecular weight is 274 g/mol. The molecule has 1 heterocycles. The molecule has 2 rings (SSSR count). The summed E-state index contributed by atoms with van der Waals surface area (Å²) in [6, 6.07) is 6.18. The van der Waals surface area contributed by atoms with E-state index in [-0.39, 0.29) is 11.3 Å². The molecule has 0 aliphatic carbocycles. The third-order valence-corrected chi connectivity index (χ3v) is 3.48. The van der Waals surface area contributed by atoms with Gasteiger partial charge in [0.25, 0.3) is 0 Å². The molecular formula is C13H17F3N2O. The normalized spacial score (nSPS) is 24.2. The van der Waals surface area contributed by atoms with Gasteiger partial charge in [-0.2, -0.15) is 0 Å². The van der Waals surface area contributed by atoms with Gasteiger partial charge in [-0.3, -0.25) is 0 Å². The summed E-state index contributed by atoms with van der Waals surface area (Å²) in [7, 11) is 1.82. The minimum atomic E-state index is -4.66. The van der Waals surface area contributed by atoms with E-state index in [0.717, 1.165) is 24.9 Å². The monoisotopic (exact) mass is 274 g/mol. The molecule has 1 fully saturated rings. The third kappa shape index (κ3) is 3.39. The predicted octanol–water partition coefficient (Wildman–Crippen LogP) is 2.38. The molecule has 1 saturated heterocycles. The molecule has 6 heteroatoms. The van der Waals surface area contributed by atoms with Crippen molar-refractivity contribution in [3.63, 3.8) is 0 Å². The van der Waals surface area contributed by atoms with Crippen molar-refractivity contribution in [1.29, 1.82) is 0 Å². The van der Waals surface area contributed by atoms with Crippen LogP contribution in [0.2, 0.25) is 0 Å². The SMILES string of the molecule is CNC1(c2cccc(OC(F)(F)F)c2)CCCNC1. The predicted molar refractivity (Wildman–Crippen MR) is 66.0 cm³/mol. The summed E-state index contributed by atoms with van der Waals surface area (Å²) in [6.07, 6.45) is -2.80. The Morgan fingerprint density at radius 2 is 2.16 bits per heavy atom. The van der Waals surface area contributed by atoms with Crippen LogP contribution in [-0.4, -0.2) is 26.5 Å². The van der Waals surface area contributed by atoms with Crippen LogP contribution in [0.4, 0.5) is 13.2 Å². The zero-order chi connectivity index (χ0) is 13.9. The van der Waals surface area contributed by atoms with Crippen LogP contribution in [0.15, 0.2) is 24.3 Å². The van der Waals surface area contributed by atoms with Gasteiger partial charge in [0.1, 0.15) is 5.75 Å². The molecule has 1 atom stereocenters. The van der Waals surface area contributed by atoms with Crippen molar-refractivity contribution in [1.82, 2.24) is 10.6 Å². The molecule has 1 unspecified atom stereocenters. The molecule has 0 amide bonds. The van der Waals surface area contributed by atoms with Crippen LogP contribution in [0, 0.1) is 0 Å². The maximum Gasteiger partial charge on any atom is 0.573 e. The first-order valence-corrected chi connectivity index (χ1v) is 6.21. The molecule has 0 spiro atoms. The van der Waals surface area contributed by atoms with Crippen molar-refractivity contribution in [2.24, 2.45) is 0 Å². The van der Waals surface area contributed by atoms with E-state index < -0.39 is 6.36 Å². The van der Waals surface area contributed by atoms with Crippen LogP contribution < -0.4 is 15.4 Å². The van der Waals surface area contributed by atoms with Gasteiger partial charge in [0.2, 0.25) is 0 Å². The largest absolute Gasteiger partial charge is 0.573 e. The standard InChI is InChI=1S/C13H17F3N2O/c1-17-12(6-3-7-18-9-12)10-4-2-5-11(8-10)19-13(14,15)16/h2,4-5,8,17-18H,3,6-7,9H2,1H3. The lowest BCUT2D eigenvalue weighted by molar-refractivity contribution is -0.274. The van der Waals surface area contributed by atoms with Crippen molar-refractivity contribution < 1.29 is 17.9 Å². The van der Waals surface area contributed by atoms with E-state index >= 15 is 0 Å². The minimum Gasteiger partial charge on any atom is -0.406 e. The minimum absolute atomic E-state index is 0.176. The third-order valence-electron chi connectivity index (χ3n) is 3.48. The first kappa shape index (κ1) is 14.1. The summed E-state index contributed by atoms with van der Waals surface area (Å²) in [6.45, 7) is 1.63. The van der Waals surface area contributed by atoms with Crippen LogP contribution in [0.25, 0.3) is 0 Å². The molecule has 3 nitrogen and oxygen atoms in total. The van der Waals surface area contributed by atoms with Gasteiger partial charge in [-0.15, -0.1) is 13.2 Å². The van der Waals surface area contributed by atoms with Gasteiger partial charge in [-0.25, -0.2) is 0 Å². The van der Waals surface area contributed by atoms with Crippen molar-refractivity contribution in [3.05, 3.63) is 29.8 Å². The van der Waals surface area contributed by atoms with Crippen LogP contribution >= 0.6 is 0 Å². The molecule has 2 N–H and O–H groups in total. The molecule has 0 radical (unpaired) electrons. The number of piperidine rings is 1. The molecule has 0 bridgehead atoms. The fourth-order valence-electron chi connectivity index (χ4n) is 2.50. The molecule has 1 aliphatic rings. The van der Waals surface area contributed by atoms with Crippen molar-refractivity contribution in [2.75, 3.05) is 20.1 Å². The van der Waals surface area contributed by atoms with Crippen LogP contribution in [0.3, 0.4) is 0 Å². The quantitative estimate of drug-likeness (QED) is 0.888. The second-order valence-corrected chi connectivity index (χ2v) is 4.69.